The number of benzene rings is 1. The molecule has 0 fully saturated rings. The third kappa shape index (κ3) is 5.67. The number of thiophene rings is 1. The molecule has 0 radical (unpaired) electrons. The fraction of sp³-hybridized carbons (Fsp3) is 0.176. The molecule has 0 spiro atoms. The number of carbonyl (C=O) groups excluding carboxylic acids is 2. The maximum Gasteiger partial charge on any atom is 0.331 e. The molecule has 2 aromatic rings. The highest BCUT2D eigenvalue weighted by Crippen LogP contribution is 2.25. The second-order valence-corrected chi connectivity index (χ2v) is 6.55. The molecular formula is C17H15Cl2NO3S. The summed E-state index contributed by atoms with van der Waals surface area (Å²) in [5.41, 5.74) is 1.72. The van der Waals surface area contributed by atoms with Gasteiger partial charge in [-0.25, -0.2) is 4.79 Å². The van der Waals surface area contributed by atoms with E-state index in [1.54, 1.807) is 31.2 Å². The first-order chi connectivity index (χ1) is 11.5. The van der Waals surface area contributed by atoms with Crippen molar-refractivity contribution in [2.45, 2.75) is 13.0 Å². The van der Waals surface area contributed by atoms with Crippen molar-refractivity contribution in [1.29, 1.82) is 0 Å². The summed E-state index contributed by atoms with van der Waals surface area (Å²) < 4.78 is 4.90. The Bertz CT molecular complexity index is 744. The zero-order chi connectivity index (χ0) is 17.5. The molecule has 24 heavy (non-hydrogen) atoms. The van der Waals surface area contributed by atoms with E-state index in [0.717, 1.165) is 11.1 Å². The number of rotatable bonds is 6. The van der Waals surface area contributed by atoms with E-state index in [9.17, 15) is 9.59 Å². The minimum absolute atomic E-state index is 0.285. The minimum atomic E-state index is -0.571. The predicted molar refractivity (Wildman–Crippen MR) is 97.3 cm³/mol. The number of halogens is 2. The quantitative estimate of drug-likeness (QED) is 0.590. The first kappa shape index (κ1) is 18.5. The highest BCUT2D eigenvalue weighted by Gasteiger charge is 2.12. The summed E-state index contributed by atoms with van der Waals surface area (Å²) in [4.78, 5) is 23.4. The summed E-state index contributed by atoms with van der Waals surface area (Å²) in [5.74, 6) is -0.968. The number of hydrogen-bond acceptors (Lipinski definition) is 4. The van der Waals surface area contributed by atoms with Crippen LogP contribution < -0.4 is 5.32 Å². The number of carbonyl (C=O) groups is 2. The predicted octanol–water partition coefficient (Wildman–Crippen LogP) is 4.49. The van der Waals surface area contributed by atoms with E-state index in [1.165, 1.54) is 17.4 Å². The molecule has 1 aromatic carbocycles. The molecule has 1 atom stereocenters. The van der Waals surface area contributed by atoms with Crippen molar-refractivity contribution in [3.05, 3.63) is 62.3 Å². The number of esters is 1. The first-order valence-corrected chi connectivity index (χ1v) is 8.77. The molecule has 1 N–H and O–H groups in total. The molecule has 2 rings (SSSR count). The number of nitrogens with one attached hydrogen (secondary N) is 1. The second kappa shape index (κ2) is 8.87. The third-order valence-electron chi connectivity index (χ3n) is 3.12. The Morgan fingerprint density at radius 2 is 2.08 bits per heavy atom. The Morgan fingerprint density at radius 3 is 2.75 bits per heavy atom. The van der Waals surface area contributed by atoms with Gasteiger partial charge in [-0.3, -0.25) is 4.79 Å². The van der Waals surface area contributed by atoms with Crippen LogP contribution in [0.25, 0.3) is 6.08 Å². The fourth-order valence-corrected chi connectivity index (χ4v) is 2.80. The number of ether oxygens (including phenoxy) is 1. The van der Waals surface area contributed by atoms with Crippen LogP contribution in [0.1, 0.15) is 24.1 Å². The summed E-state index contributed by atoms with van der Waals surface area (Å²) in [5, 5.41) is 7.40. The standard InChI is InChI=1S/C17H15Cl2NO3S/c1-11(13-3-4-14(18)15(19)8-13)20-16(21)9-23-17(22)5-2-12-6-7-24-10-12/h2-8,10-11H,9H2,1H3,(H,20,21)/b5-2+/t11-/m0/s1. The molecule has 0 aliphatic heterocycles. The van der Waals surface area contributed by atoms with Gasteiger partial charge in [-0.15, -0.1) is 0 Å². The third-order valence-corrected chi connectivity index (χ3v) is 4.56. The van der Waals surface area contributed by atoms with Gasteiger partial charge in [0.1, 0.15) is 0 Å². The van der Waals surface area contributed by atoms with E-state index in [-0.39, 0.29) is 12.6 Å². The van der Waals surface area contributed by atoms with E-state index >= 15 is 0 Å². The van der Waals surface area contributed by atoms with Crippen LogP contribution in [0.4, 0.5) is 0 Å². The van der Waals surface area contributed by atoms with Crippen LogP contribution in [0.15, 0.2) is 41.1 Å². The zero-order valence-corrected chi connectivity index (χ0v) is 15.1. The highest BCUT2D eigenvalue weighted by molar-refractivity contribution is 7.08. The maximum absolute atomic E-state index is 11.8. The topological polar surface area (TPSA) is 55.4 Å². The lowest BCUT2D eigenvalue weighted by molar-refractivity contribution is -0.144. The van der Waals surface area contributed by atoms with Gasteiger partial charge in [0, 0.05) is 6.08 Å². The molecule has 0 unspecified atom stereocenters. The summed E-state index contributed by atoms with van der Waals surface area (Å²) in [7, 11) is 0. The Morgan fingerprint density at radius 1 is 1.29 bits per heavy atom. The fourth-order valence-electron chi connectivity index (χ4n) is 1.87. The Kier molecular flexibility index (Phi) is 6.85. The molecule has 0 saturated heterocycles. The van der Waals surface area contributed by atoms with Crippen LogP contribution in [0, 0.1) is 0 Å². The van der Waals surface area contributed by atoms with Crippen LogP contribution >= 0.6 is 34.5 Å². The minimum Gasteiger partial charge on any atom is -0.452 e. The Hall–Kier alpha value is -1.82. The number of amides is 1. The van der Waals surface area contributed by atoms with E-state index in [1.807, 2.05) is 16.8 Å². The van der Waals surface area contributed by atoms with Gasteiger partial charge in [0.2, 0.25) is 0 Å². The molecule has 1 aromatic heterocycles. The first-order valence-electron chi connectivity index (χ1n) is 7.07. The monoisotopic (exact) mass is 383 g/mol. The molecule has 0 saturated carbocycles. The smallest absolute Gasteiger partial charge is 0.331 e. The lowest BCUT2D eigenvalue weighted by Gasteiger charge is -2.14. The van der Waals surface area contributed by atoms with Crippen molar-refractivity contribution >= 4 is 52.5 Å². The lowest BCUT2D eigenvalue weighted by atomic mass is 10.1. The molecule has 1 heterocycles. The van der Waals surface area contributed by atoms with Crippen molar-refractivity contribution in [3.63, 3.8) is 0 Å². The van der Waals surface area contributed by atoms with Crippen LogP contribution in [0.3, 0.4) is 0 Å². The zero-order valence-electron chi connectivity index (χ0n) is 12.8. The van der Waals surface area contributed by atoms with E-state index in [4.69, 9.17) is 27.9 Å². The highest BCUT2D eigenvalue weighted by atomic mass is 35.5. The average molecular weight is 384 g/mol. The lowest BCUT2D eigenvalue weighted by Crippen LogP contribution is -2.30. The van der Waals surface area contributed by atoms with E-state index in [2.05, 4.69) is 5.32 Å². The van der Waals surface area contributed by atoms with Gasteiger partial charge in [0.25, 0.3) is 5.91 Å². The molecule has 126 valence electrons. The molecule has 0 aliphatic rings. The molecular weight excluding hydrogens is 369 g/mol. The van der Waals surface area contributed by atoms with Crippen molar-refractivity contribution in [1.82, 2.24) is 5.32 Å². The van der Waals surface area contributed by atoms with Gasteiger partial charge in [-0.1, -0.05) is 29.3 Å². The largest absolute Gasteiger partial charge is 0.452 e. The molecule has 4 nitrogen and oxygen atoms in total. The summed E-state index contributed by atoms with van der Waals surface area (Å²) >= 11 is 13.3. The SMILES string of the molecule is C[C@H](NC(=O)COC(=O)/C=C/c1ccsc1)c1ccc(Cl)c(Cl)c1. The summed E-state index contributed by atoms with van der Waals surface area (Å²) in [6, 6.07) is 6.71. The average Bonchev–Trinajstić information content (AvgIpc) is 3.07. The van der Waals surface area contributed by atoms with E-state index in [0.29, 0.717) is 10.0 Å². The van der Waals surface area contributed by atoms with Gasteiger partial charge in [-0.05, 0) is 53.1 Å². The van der Waals surface area contributed by atoms with Gasteiger partial charge in [0.15, 0.2) is 6.61 Å². The van der Waals surface area contributed by atoms with Crippen LogP contribution in [0.2, 0.25) is 10.0 Å². The second-order valence-electron chi connectivity index (χ2n) is 4.96. The van der Waals surface area contributed by atoms with Gasteiger partial charge in [0.05, 0.1) is 16.1 Å². The molecule has 7 heteroatoms. The number of hydrogen-bond donors (Lipinski definition) is 1. The normalized spacial score (nSPS) is 12.1. The van der Waals surface area contributed by atoms with Crippen LogP contribution in [-0.4, -0.2) is 18.5 Å². The van der Waals surface area contributed by atoms with Crippen molar-refractivity contribution in [3.8, 4) is 0 Å². The van der Waals surface area contributed by atoms with Crippen LogP contribution in [0.5, 0.6) is 0 Å². The van der Waals surface area contributed by atoms with Crippen molar-refractivity contribution < 1.29 is 14.3 Å². The molecule has 0 bridgehead atoms. The Labute approximate surface area is 154 Å². The van der Waals surface area contributed by atoms with Gasteiger partial charge in [-0.2, -0.15) is 11.3 Å². The van der Waals surface area contributed by atoms with Gasteiger partial charge >= 0.3 is 5.97 Å². The Balaban J connectivity index is 1.80. The van der Waals surface area contributed by atoms with Crippen molar-refractivity contribution in [2.24, 2.45) is 0 Å². The molecule has 0 aliphatic carbocycles. The van der Waals surface area contributed by atoms with Gasteiger partial charge < -0.3 is 10.1 Å². The summed E-state index contributed by atoms with van der Waals surface area (Å²) in [6.07, 6.45) is 2.92. The molecule has 1 amide bonds. The van der Waals surface area contributed by atoms with E-state index < -0.39 is 11.9 Å². The summed E-state index contributed by atoms with van der Waals surface area (Å²) in [6.45, 7) is 1.45. The maximum atomic E-state index is 11.8. The van der Waals surface area contributed by atoms with Crippen molar-refractivity contribution in [2.75, 3.05) is 6.61 Å². The van der Waals surface area contributed by atoms with Crippen LogP contribution in [-0.2, 0) is 14.3 Å².